The quantitative estimate of drug-likeness (QED) is 0.398. The van der Waals surface area contributed by atoms with Crippen molar-refractivity contribution in [1.82, 2.24) is 15.2 Å². The maximum absolute atomic E-state index is 12.8. The van der Waals surface area contributed by atoms with Gasteiger partial charge in [-0.05, 0) is 43.9 Å². The van der Waals surface area contributed by atoms with Gasteiger partial charge in [-0.3, -0.25) is 9.89 Å². The van der Waals surface area contributed by atoms with Crippen LogP contribution in [0, 0.1) is 5.92 Å². The number of anilines is 1. The minimum atomic E-state index is -3.03. The topological polar surface area (TPSA) is 155 Å². The molecule has 13 heteroatoms. The van der Waals surface area contributed by atoms with Crippen LogP contribution in [-0.4, -0.2) is 40.4 Å². The van der Waals surface area contributed by atoms with Crippen molar-refractivity contribution in [2.75, 3.05) is 11.9 Å². The number of nitrogens with two attached hydrogens (primary N) is 1. The lowest BCUT2D eigenvalue weighted by Crippen LogP contribution is -2.19. The average molecular weight is 477 g/mol. The highest BCUT2D eigenvalue weighted by Crippen LogP contribution is 2.37. The van der Waals surface area contributed by atoms with Crippen LogP contribution < -0.4 is 20.5 Å². The van der Waals surface area contributed by atoms with Gasteiger partial charge in [0, 0.05) is 11.8 Å². The Kier molecular flexibility index (Phi) is 6.61. The lowest BCUT2D eigenvalue weighted by Gasteiger charge is -2.13. The van der Waals surface area contributed by atoms with Crippen molar-refractivity contribution in [1.29, 1.82) is 0 Å². The molecule has 2 aromatic heterocycles. The number of hydrogen-bond acceptors (Lipinski definition) is 8. The van der Waals surface area contributed by atoms with Crippen LogP contribution in [0.1, 0.15) is 42.1 Å². The van der Waals surface area contributed by atoms with Crippen LogP contribution in [0.4, 0.5) is 19.3 Å². The van der Waals surface area contributed by atoms with Gasteiger partial charge >= 0.3 is 12.7 Å². The monoisotopic (exact) mass is 477 g/mol. The van der Waals surface area contributed by atoms with Gasteiger partial charge in [0.05, 0.1) is 18.5 Å². The predicted molar refractivity (Wildman–Crippen MR) is 112 cm³/mol. The van der Waals surface area contributed by atoms with Crippen molar-refractivity contribution >= 4 is 17.7 Å². The van der Waals surface area contributed by atoms with Gasteiger partial charge in [0.1, 0.15) is 0 Å². The number of carbonyl (C=O) groups excluding carboxylic acids is 2. The van der Waals surface area contributed by atoms with Crippen molar-refractivity contribution in [2.24, 2.45) is 11.7 Å². The van der Waals surface area contributed by atoms with Crippen LogP contribution >= 0.6 is 0 Å². The fourth-order valence-electron chi connectivity index (χ4n) is 3.07. The van der Waals surface area contributed by atoms with E-state index in [2.05, 4.69) is 25.2 Å². The van der Waals surface area contributed by atoms with Crippen molar-refractivity contribution in [3.8, 4) is 23.0 Å². The van der Waals surface area contributed by atoms with Gasteiger partial charge in [-0.15, -0.1) is 0 Å². The molecule has 2 amide bonds. The van der Waals surface area contributed by atoms with Crippen LogP contribution in [0.15, 0.2) is 35.0 Å². The van der Waals surface area contributed by atoms with Gasteiger partial charge in [0.15, 0.2) is 29.1 Å². The number of aromatic amines is 1. The van der Waals surface area contributed by atoms with E-state index in [1.807, 2.05) is 0 Å². The first-order chi connectivity index (χ1) is 16.3. The number of halogens is 2. The van der Waals surface area contributed by atoms with E-state index in [4.69, 9.17) is 19.6 Å². The number of carbonyl (C=O) groups is 2. The zero-order valence-corrected chi connectivity index (χ0v) is 17.9. The van der Waals surface area contributed by atoms with Gasteiger partial charge in [-0.1, -0.05) is 0 Å². The number of amides is 2. The summed E-state index contributed by atoms with van der Waals surface area (Å²) in [7, 11) is 0. The zero-order chi connectivity index (χ0) is 24.2. The Balaban J connectivity index is 1.68. The van der Waals surface area contributed by atoms with Crippen molar-refractivity contribution in [3.05, 3.63) is 42.0 Å². The Hall–Kier alpha value is -4.16. The minimum Gasteiger partial charge on any atom is -0.489 e. The standard InChI is InChI=1S/C21H21F2N5O6/c1-10(32-21(24)30)17-16(18(29)27-13-7-25-26-8-13)28-19(34-17)12-4-5-14(33-20(22)23)15(6-12)31-9-11-2-3-11/h4-8,10-11,20H,2-3,9H2,1H3,(H2,24,30)(H,25,26)(H,27,29). The van der Waals surface area contributed by atoms with E-state index in [9.17, 15) is 18.4 Å². The number of ether oxygens (including phenoxy) is 3. The number of H-pyrrole nitrogens is 1. The predicted octanol–water partition coefficient (Wildman–Crippen LogP) is 3.86. The largest absolute Gasteiger partial charge is 0.489 e. The summed E-state index contributed by atoms with van der Waals surface area (Å²) in [4.78, 5) is 28.3. The summed E-state index contributed by atoms with van der Waals surface area (Å²) in [6.07, 6.45) is 2.72. The van der Waals surface area contributed by atoms with E-state index in [-0.39, 0.29) is 28.8 Å². The normalized spacial score (nSPS) is 14.0. The number of nitrogens with zero attached hydrogens (tertiary/aromatic N) is 2. The molecule has 0 spiro atoms. The number of benzene rings is 1. The summed E-state index contributed by atoms with van der Waals surface area (Å²) < 4.78 is 46.5. The highest BCUT2D eigenvalue weighted by atomic mass is 19.3. The van der Waals surface area contributed by atoms with E-state index in [0.29, 0.717) is 23.8 Å². The molecule has 0 aliphatic heterocycles. The highest BCUT2D eigenvalue weighted by molar-refractivity contribution is 6.03. The van der Waals surface area contributed by atoms with Crippen LogP contribution in [0.2, 0.25) is 0 Å². The summed E-state index contributed by atoms with van der Waals surface area (Å²) in [6.45, 7) is -1.23. The Morgan fingerprint density at radius 1 is 1.32 bits per heavy atom. The summed E-state index contributed by atoms with van der Waals surface area (Å²) in [5, 5.41) is 8.88. The van der Waals surface area contributed by atoms with Gasteiger partial charge in [-0.2, -0.15) is 13.9 Å². The van der Waals surface area contributed by atoms with Crippen LogP contribution in [0.25, 0.3) is 11.5 Å². The van der Waals surface area contributed by atoms with Crippen molar-refractivity contribution in [3.63, 3.8) is 0 Å². The fraction of sp³-hybridized carbons (Fsp3) is 0.333. The maximum atomic E-state index is 12.8. The first-order valence-electron chi connectivity index (χ1n) is 10.3. The highest BCUT2D eigenvalue weighted by Gasteiger charge is 2.28. The first-order valence-corrected chi connectivity index (χ1v) is 10.3. The van der Waals surface area contributed by atoms with Crippen molar-refractivity contribution < 1.29 is 37.0 Å². The Morgan fingerprint density at radius 3 is 2.76 bits per heavy atom. The Labute approximate surface area is 191 Å². The maximum Gasteiger partial charge on any atom is 0.405 e. The molecule has 180 valence electrons. The molecule has 34 heavy (non-hydrogen) atoms. The second kappa shape index (κ2) is 9.77. The van der Waals surface area contributed by atoms with Gasteiger partial charge in [0.25, 0.3) is 5.91 Å². The third-order valence-electron chi connectivity index (χ3n) is 4.86. The van der Waals surface area contributed by atoms with Gasteiger partial charge < -0.3 is 29.7 Å². The smallest absolute Gasteiger partial charge is 0.405 e. The van der Waals surface area contributed by atoms with Crippen LogP contribution in [0.3, 0.4) is 0 Å². The Morgan fingerprint density at radius 2 is 2.12 bits per heavy atom. The molecule has 4 rings (SSSR count). The number of hydrogen-bond donors (Lipinski definition) is 3. The molecule has 3 aromatic rings. The second-order valence-corrected chi connectivity index (χ2v) is 7.55. The molecule has 1 aromatic carbocycles. The summed E-state index contributed by atoms with van der Waals surface area (Å²) in [5.41, 5.74) is 5.62. The minimum absolute atomic E-state index is 0.0351. The van der Waals surface area contributed by atoms with E-state index in [1.54, 1.807) is 0 Å². The van der Waals surface area contributed by atoms with Gasteiger partial charge in [0.2, 0.25) is 5.89 Å². The SMILES string of the molecule is CC(OC(N)=O)c1oc(-c2ccc(OC(F)F)c(OCC3CC3)c2)nc1C(=O)Nc1cn[nH]c1. The van der Waals surface area contributed by atoms with E-state index in [0.717, 1.165) is 12.8 Å². The number of nitrogens with one attached hydrogen (secondary N) is 2. The zero-order valence-electron chi connectivity index (χ0n) is 17.9. The van der Waals surface area contributed by atoms with E-state index < -0.39 is 24.7 Å². The molecule has 1 atom stereocenters. The molecule has 1 saturated carbocycles. The molecule has 11 nitrogen and oxygen atoms in total. The average Bonchev–Trinajstić information content (AvgIpc) is 3.26. The number of oxazole rings is 1. The molecule has 0 bridgehead atoms. The fourth-order valence-corrected chi connectivity index (χ4v) is 3.07. The molecular weight excluding hydrogens is 456 g/mol. The van der Waals surface area contributed by atoms with E-state index in [1.165, 1.54) is 37.5 Å². The van der Waals surface area contributed by atoms with Crippen LogP contribution in [-0.2, 0) is 4.74 Å². The lowest BCUT2D eigenvalue weighted by atomic mass is 10.2. The molecule has 4 N–H and O–H groups in total. The van der Waals surface area contributed by atoms with Gasteiger partial charge in [-0.25, -0.2) is 9.78 Å². The number of alkyl halides is 2. The lowest BCUT2D eigenvalue weighted by molar-refractivity contribution is -0.0515. The molecule has 0 radical (unpaired) electrons. The number of aromatic nitrogens is 3. The third kappa shape index (κ3) is 5.60. The summed E-state index contributed by atoms with van der Waals surface area (Å²) >= 11 is 0. The molecule has 0 saturated heterocycles. The Bertz CT molecular complexity index is 1160. The number of primary amides is 1. The molecule has 1 aliphatic carbocycles. The second-order valence-electron chi connectivity index (χ2n) is 7.55. The van der Waals surface area contributed by atoms with Crippen molar-refractivity contribution in [2.45, 2.75) is 32.5 Å². The molecule has 1 fully saturated rings. The molecular formula is C21H21F2N5O6. The third-order valence-corrected chi connectivity index (χ3v) is 4.86. The molecule has 2 heterocycles. The van der Waals surface area contributed by atoms with E-state index >= 15 is 0 Å². The molecule has 1 unspecified atom stereocenters. The molecule has 1 aliphatic rings. The summed E-state index contributed by atoms with van der Waals surface area (Å²) in [5.74, 6) is -0.462. The summed E-state index contributed by atoms with van der Waals surface area (Å²) in [6, 6.07) is 4.14. The van der Waals surface area contributed by atoms with Crippen LogP contribution in [0.5, 0.6) is 11.5 Å². The number of rotatable bonds is 10. The first kappa shape index (κ1) is 23.0.